The summed E-state index contributed by atoms with van der Waals surface area (Å²) in [6, 6.07) is 25.9. The lowest BCUT2D eigenvalue weighted by Crippen LogP contribution is -2.11. The van der Waals surface area contributed by atoms with E-state index in [-0.39, 0.29) is 0 Å². The lowest BCUT2D eigenvalue weighted by molar-refractivity contribution is 1.16. The van der Waals surface area contributed by atoms with Gasteiger partial charge in [-0.15, -0.1) is 0 Å². The van der Waals surface area contributed by atoms with Gasteiger partial charge in [-0.05, 0) is 36.4 Å². The number of para-hydroxylation sites is 2. The molecular weight excluding hydrogens is 244 g/mol. The van der Waals surface area contributed by atoms with E-state index in [4.69, 9.17) is 6.92 Å². The SMILES string of the molecule is [CH]c1cccc(N(c2ccccc2)c2ccccc2)n1. The summed E-state index contributed by atoms with van der Waals surface area (Å²) in [7, 11) is 0. The fraction of sp³-hybridized carbons (Fsp3) is 0. The van der Waals surface area contributed by atoms with Crippen LogP contribution in [0.4, 0.5) is 17.2 Å². The third kappa shape index (κ3) is 2.54. The van der Waals surface area contributed by atoms with Crippen LogP contribution in [0.1, 0.15) is 5.69 Å². The molecule has 0 aliphatic heterocycles. The van der Waals surface area contributed by atoms with Gasteiger partial charge in [-0.3, -0.25) is 4.90 Å². The van der Waals surface area contributed by atoms with Crippen molar-refractivity contribution in [1.82, 2.24) is 4.98 Å². The molecule has 1 heterocycles. The lowest BCUT2D eigenvalue weighted by atomic mass is 10.2. The molecule has 0 amide bonds. The van der Waals surface area contributed by atoms with Crippen molar-refractivity contribution in [3.63, 3.8) is 0 Å². The number of benzene rings is 2. The average molecular weight is 258 g/mol. The van der Waals surface area contributed by atoms with E-state index in [0.717, 1.165) is 17.2 Å². The van der Waals surface area contributed by atoms with Gasteiger partial charge >= 0.3 is 0 Å². The molecule has 0 unspecified atom stereocenters. The van der Waals surface area contributed by atoms with Crippen molar-refractivity contribution >= 4 is 17.2 Å². The highest BCUT2D eigenvalue weighted by atomic mass is 15.2. The first-order chi connectivity index (χ1) is 9.84. The Kier molecular flexibility index (Phi) is 3.46. The quantitative estimate of drug-likeness (QED) is 0.682. The molecule has 0 fully saturated rings. The first-order valence-electron chi connectivity index (χ1n) is 6.47. The number of anilines is 3. The fourth-order valence-electron chi connectivity index (χ4n) is 2.13. The van der Waals surface area contributed by atoms with Crippen molar-refractivity contribution in [1.29, 1.82) is 0 Å². The first-order valence-corrected chi connectivity index (χ1v) is 6.47. The molecule has 0 saturated heterocycles. The second-order valence-corrected chi connectivity index (χ2v) is 4.43. The molecular formula is C18H14N2. The van der Waals surface area contributed by atoms with Gasteiger partial charge in [0, 0.05) is 24.0 Å². The molecule has 3 aromatic rings. The predicted octanol–water partition coefficient (Wildman–Crippen LogP) is 4.61. The van der Waals surface area contributed by atoms with Crippen LogP contribution < -0.4 is 4.90 Å². The van der Waals surface area contributed by atoms with Gasteiger partial charge in [-0.25, -0.2) is 4.98 Å². The molecule has 2 nitrogen and oxygen atoms in total. The molecule has 1 aromatic heterocycles. The summed E-state index contributed by atoms with van der Waals surface area (Å²) in [4.78, 5) is 6.51. The number of nitrogens with zero attached hydrogens (tertiary/aromatic N) is 2. The molecule has 0 aliphatic rings. The zero-order valence-corrected chi connectivity index (χ0v) is 11.0. The number of pyridine rings is 1. The van der Waals surface area contributed by atoms with Gasteiger partial charge in [-0.1, -0.05) is 42.5 Å². The number of hydrogen-bond acceptors (Lipinski definition) is 2. The second-order valence-electron chi connectivity index (χ2n) is 4.43. The van der Waals surface area contributed by atoms with E-state index in [1.807, 2.05) is 48.5 Å². The lowest BCUT2D eigenvalue weighted by Gasteiger charge is -2.24. The minimum Gasteiger partial charge on any atom is -0.295 e. The average Bonchev–Trinajstić information content (AvgIpc) is 2.50. The van der Waals surface area contributed by atoms with Crippen LogP contribution in [0.3, 0.4) is 0 Å². The molecule has 20 heavy (non-hydrogen) atoms. The standard InChI is InChI=1S/C18H14N2/c1-15-9-8-14-18(19-15)20(16-10-4-2-5-11-16)17-12-6-3-7-13-17/h1-14H. The number of aromatic nitrogens is 1. The highest BCUT2D eigenvalue weighted by Gasteiger charge is 2.12. The molecule has 0 aliphatic carbocycles. The van der Waals surface area contributed by atoms with Crippen LogP contribution >= 0.6 is 0 Å². The van der Waals surface area contributed by atoms with E-state index < -0.39 is 0 Å². The van der Waals surface area contributed by atoms with E-state index in [0.29, 0.717) is 5.69 Å². The van der Waals surface area contributed by atoms with E-state index in [9.17, 15) is 0 Å². The van der Waals surface area contributed by atoms with Crippen LogP contribution in [0.15, 0.2) is 78.9 Å². The molecule has 0 atom stereocenters. The van der Waals surface area contributed by atoms with Gasteiger partial charge < -0.3 is 0 Å². The van der Waals surface area contributed by atoms with Gasteiger partial charge in [0.15, 0.2) is 0 Å². The monoisotopic (exact) mass is 258 g/mol. The van der Waals surface area contributed by atoms with Crippen molar-refractivity contribution in [3.8, 4) is 0 Å². The Hall–Kier alpha value is -2.61. The zero-order chi connectivity index (χ0) is 13.8. The summed E-state index contributed by atoms with van der Waals surface area (Å²) < 4.78 is 0. The summed E-state index contributed by atoms with van der Waals surface area (Å²) in [5.41, 5.74) is 2.62. The van der Waals surface area contributed by atoms with Crippen molar-refractivity contribution in [2.75, 3.05) is 4.90 Å². The number of rotatable bonds is 3. The summed E-state index contributed by atoms with van der Waals surface area (Å²) in [5, 5.41) is 0. The second kappa shape index (κ2) is 5.57. The van der Waals surface area contributed by atoms with Gasteiger partial charge in [0.05, 0.1) is 0 Å². The van der Waals surface area contributed by atoms with Crippen LogP contribution in [0.2, 0.25) is 0 Å². The van der Waals surface area contributed by atoms with Crippen molar-refractivity contribution < 1.29 is 0 Å². The van der Waals surface area contributed by atoms with E-state index >= 15 is 0 Å². The van der Waals surface area contributed by atoms with Gasteiger partial charge in [0.2, 0.25) is 0 Å². The first kappa shape index (κ1) is 12.4. The zero-order valence-electron chi connectivity index (χ0n) is 11.0. The Morgan fingerprint density at radius 3 is 1.70 bits per heavy atom. The topological polar surface area (TPSA) is 16.1 Å². The normalized spacial score (nSPS) is 10.2. The Balaban J connectivity index is 2.14. The van der Waals surface area contributed by atoms with Crippen molar-refractivity contribution in [2.45, 2.75) is 0 Å². The van der Waals surface area contributed by atoms with Crippen LogP contribution in [0.5, 0.6) is 0 Å². The van der Waals surface area contributed by atoms with E-state index in [2.05, 4.69) is 34.1 Å². The Labute approximate surface area is 119 Å². The highest BCUT2D eigenvalue weighted by Crippen LogP contribution is 2.32. The maximum absolute atomic E-state index is 5.81. The maximum Gasteiger partial charge on any atom is 0.137 e. The molecule has 2 radical (unpaired) electrons. The Morgan fingerprint density at radius 2 is 1.20 bits per heavy atom. The minimum atomic E-state index is 0.513. The van der Waals surface area contributed by atoms with E-state index in [1.165, 1.54) is 0 Å². The van der Waals surface area contributed by atoms with Crippen LogP contribution in [0, 0.1) is 6.92 Å². The Morgan fingerprint density at radius 1 is 0.650 bits per heavy atom. The van der Waals surface area contributed by atoms with E-state index in [1.54, 1.807) is 6.07 Å². The molecule has 0 N–H and O–H groups in total. The predicted molar refractivity (Wildman–Crippen MR) is 82.3 cm³/mol. The minimum absolute atomic E-state index is 0.513. The molecule has 2 aromatic carbocycles. The highest BCUT2D eigenvalue weighted by molar-refractivity contribution is 5.74. The Bertz CT molecular complexity index is 639. The molecule has 0 bridgehead atoms. The largest absolute Gasteiger partial charge is 0.295 e. The third-order valence-electron chi connectivity index (χ3n) is 3.01. The summed E-state index contributed by atoms with van der Waals surface area (Å²) >= 11 is 0. The summed E-state index contributed by atoms with van der Waals surface area (Å²) in [6.07, 6.45) is 0. The van der Waals surface area contributed by atoms with Crippen molar-refractivity contribution in [2.24, 2.45) is 0 Å². The van der Waals surface area contributed by atoms with Gasteiger partial charge in [-0.2, -0.15) is 0 Å². The van der Waals surface area contributed by atoms with Gasteiger partial charge in [0.1, 0.15) is 5.82 Å². The molecule has 0 spiro atoms. The third-order valence-corrected chi connectivity index (χ3v) is 3.01. The maximum atomic E-state index is 5.81. The molecule has 96 valence electrons. The van der Waals surface area contributed by atoms with Crippen LogP contribution in [0.25, 0.3) is 0 Å². The molecule has 0 saturated carbocycles. The van der Waals surface area contributed by atoms with Crippen molar-refractivity contribution in [3.05, 3.63) is 91.5 Å². The number of hydrogen-bond donors (Lipinski definition) is 0. The van der Waals surface area contributed by atoms with Crippen LogP contribution in [-0.4, -0.2) is 4.98 Å². The molecule has 2 heteroatoms. The van der Waals surface area contributed by atoms with Gasteiger partial charge in [0.25, 0.3) is 0 Å². The molecule has 3 rings (SSSR count). The summed E-state index contributed by atoms with van der Waals surface area (Å²) in [6.45, 7) is 5.81. The fourth-order valence-corrected chi connectivity index (χ4v) is 2.13. The smallest absolute Gasteiger partial charge is 0.137 e. The van der Waals surface area contributed by atoms with Crippen LogP contribution in [-0.2, 0) is 0 Å². The summed E-state index contributed by atoms with van der Waals surface area (Å²) in [5.74, 6) is 0.808.